The third kappa shape index (κ3) is 2.87. The lowest BCUT2D eigenvalue weighted by molar-refractivity contribution is 0.112. The van der Waals surface area contributed by atoms with E-state index in [2.05, 4.69) is 10.3 Å². The molecule has 0 saturated heterocycles. The molecule has 5 nitrogen and oxygen atoms in total. The van der Waals surface area contributed by atoms with E-state index in [1.807, 2.05) is 0 Å². The van der Waals surface area contributed by atoms with Crippen molar-refractivity contribution in [1.29, 1.82) is 0 Å². The lowest BCUT2D eigenvalue weighted by Gasteiger charge is -2.04. The van der Waals surface area contributed by atoms with Crippen molar-refractivity contribution in [2.45, 2.75) is 6.61 Å². The van der Waals surface area contributed by atoms with Gasteiger partial charge in [0.15, 0.2) is 0 Å². The summed E-state index contributed by atoms with van der Waals surface area (Å²) in [7, 11) is 1.74. The molecule has 1 heterocycles. The van der Waals surface area contributed by atoms with E-state index in [1.165, 1.54) is 12.1 Å². The van der Waals surface area contributed by atoms with Crippen LogP contribution < -0.4 is 4.74 Å². The summed E-state index contributed by atoms with van der Waals surface area (Å²) >= 11 is 0. The molecule has 6 heteroatoms. The maximum atomic E-state index is 13.1. The molecule has 1 aromatic heterocycles. The molecule has 0 bridgehead atoms. The Morgan fingerprint density at radius 2 is 2.29 bits per heavy atom. The van der Waals surface area contributed by atoms with Gasteiger partial charge in [-0.25, -0.2) is 4.39 Å². The number of hydrogen-bond donors (Lipinski definition) is 0. The van der Waals surface area contributed by atoms with E-state index in [-0.39, 0.29) is 17.9 Å². The van der Waals surface area contributed by atoms with Gasteiger partial charge >= 0.3 is 0 Å². The summed E-state index contributed by atoms with van der Waals surface area (Å²) in [6, 6.07) is 3.82. The van der Waals surface area contributed by atoms with Crippen molar-refractivity contribution >= 4 is 6.29 Å². The molecule has 2 rings (SSSR count). The van der Waals surface area contributed by atoms with Gasteiger partial charge in [-0.1, -0.05) is 5.21 Å². The number of rotatable bonds is 4. The zero-order chi connectivity index (χ0) is 12.3. The van der Waals surface area contributed by atoms with Crippen LogP contribution in [-0.4, -0.2) is 21.3 Å². The van der Waals surface area contributed by atoms with Crippen molar-refractivity contribution < 1.29 is 13.9 Å². The third-order valence-corrected chi connectivity index (χ3v) is 2.07. The Hall–Kier alpha value is -2.24. The number of ether oxygens (including phenoxy) is 1. The largest absolute Gasteiger partial charge is 0.487 e. The quantitative estimate of drug-likeness (QED) is 0.750. The van der Waals surface area contributed by atoms with Crippen LogP contribution in [0, 0.1) is 5.82 Å². The summed E-state index contributed by atoms with van der Waals surface area (Å²) in [6.45, 7) is 0.176. The number of hydrogen-bond acceptors (Lipinski definition) is 4. The fraction of sp³-hybridized carbons (Fsp3) is 0.182. The second-order valence-electron chi connectivity index (χ2n) is 3.51. The first-order valence-electron chi connectivity index (χ1n) is 4.91. The van der Waals surface area contributed by atoms with E-state index in [1.54, 1.807) is 17.9 Å². The number of benzene rings is 1. The highest BCUT2D eigenvalue weighted by Crippen LogP contribution is 2.16. The second-order valence-corrected chi connectivity index (χ2v) is 3.51. The highest BCUT2D eigenvalue weighted by Gasteiger charge is 2.03. The minimum absolute atomic E-state index is 0.176. The predicted molar refractivity (Wildman–Crippen MR) is 57.1 cm³/mol. The van der Waals surface area contributed by atoms with Crippen molar-refractivity contribution in [3.63, 3.8) is 0 Å². The minimum atomic E-state index is -0.510. The summed E-state index contributed by atoms with van der Waals surface area (Å²) in [4.78, 5) is 10.5. The van der Waals surface area contributed by atoms with Crippen molar-refractivity contribution in [2.75, 3.05) is 0 Å². The Kier molecular flexibility index (Phi) is 3.13. The standard InChI is InChI=1S/C11H10FN3O2/c1-15-5-10(13-14-15)7-17-11-3-8(6-16)2-9(12)4-11/h2-6H,7H2,1H3. The monoisotopic (exact) mass is 235 g/mol. The van der Waals surface area contributed by atoms with E-state index in [0.717, 1.165) is 6.07 Å². The Bertz CT molecular complexity index is 539. The zero-order valence-corrected chi connectivity index (χ0v) is 9.13. The van der Waals surface area contributed by atoms with Crippen LogP contribution in [-0.2, 0) is 13.7 Å². The fourth-order valence-corrected chi connectivity index (χ4v) is 1.35. The lowest BCUT2D eigenvalue weighted by Crippen LogP contribution is -1.97. The van der Waals surface area contributed by atoms with E-state index < -0.39 is 5.82 Å². The van der Waals surface area contributed by atoms with Gasteiger partial charge in [0.1, 0.15) is 30.2 Å². The first-order valence-corrected chi connectivity index (χ1v) is 4.91. The van der Waals surface area contributed by atoms with Gasteiger partial charge in [0, 0.05) is 18.7 Å². The molecule has 0 unspecified atom stereocenters. The summed E-state index contributed by atoms with van der Waals surface area (Å²) in [6.07, 6.45) is 2.26. The molecule has 0 saturated carbocycles. The SMILES string of the molecule is Cn1cc(COc2cc(F)cc(C=O)c2)nn1. The Morgan fingerprint density at radius 3 is 2.94 bits per heavy atom. The maximum absolute atomic E-state index is 13.1. The molecule has 0 aliphatic carbocycles. The summed E-state index contributed by atoms with van der Waals surface area (Å²) in [5, 5.41) is 7.56. The summed E-state index contributed by atoms with van der Waals surface area (Å²) < 4.78 is 19.9. The van der Waals surface area contributed by atoms with Crippen LogP contribution in [0.25, 0.3) is 0 Å². The highest BCUT2D eigenvalue weighted by molar-refractivity contribution is 5.75. The number of carbonyl (C=O) groups is 1. The van der Waals surface area contributed by atoms with E-state index in [4.69, 9.17) is 4.74 Å². The fourth-order valence-electron chi connectivity index (χ4n) is 1.35. The molecule has 0 amide bonds. The molecule has 0 radical (unpaired) electrons. The molecule has 1 aromatic carbocycles. The molecule has 2 aromatic rings. The van der Waals surface area contributed by atoms with E-state index >= 15 is 0 Å². The van der Waals surface area contributed by atoms with Crippen LogP contribution in [0.5, 0.6) is 5.75 Å². The van der Waals surface area contributed by atoms with Gasteiger partial charge in [-0.05, 0) is 12.1 Å². The number of aryl methyl sites for hydroxylation is 1. The van der Waals surface area contributed by atoms with Gasteiger partial charge in [0.05, 0.1) is 6.20 Å². The topological polar surface area (TPSA) is 57.0 Å². The van der Waals surface area contributed by atoms with Crippen LogP contribution in [0.3, 0.4) is 0 Å². The summed E-state index contributed by atoms with van der Waals surface area (Å²) in [5.41, 5.74) is 0.864. The molecule has 0 atom stereocenters. The first-order chi connectivity index (χ1) is 8.17. The van der Waals surface area contributed by atoms with Gasteiger partial charge in [-0.2, -0.15) is 0 Å². The van der Waals surface area contributed by atoms with Crippen LogP contribution >= 0.6 is 0 Å². The minimum Gasteiger partial charge on any atom is -0.487 e. The number of aromatic nitrogens is 3. The zero-order valence-electron chi connectivity index (χ0n) is 9.13. The van der Waals surface area contributed by atoms with Gasteiger partial charge in [-0.15, -0.1) is 5.10 Å². The molecule has 0 aliphatic heterocycles. The molecular weight excluding hydrogens is 225 g/mol. The average molecular weight is 235 g/mol. The number of halogens is 1. The number of nitrogens with zero attached hydrogens (tertiary/aromatic N) is 3. The van der Waals surface area contributed by atoms with Crippen LogP contribution in [0.1, 0.15) is 16.1 Å². The highest BCUT2D eigenvalue weighted by atomic mass is 19.1. The lowest BCUT2D eigenvalue weighted by atomic mass is 10.2. The van der Waals surface area contributed by atoms with Crippen molar-refractivity contribution in [3.8, 4) is 5.75 Å². The molecule has 88 valence electrons. The van der Waals surface area contributed by atoms with Gasteiger partial charge < -0.3 is 4.74 Å². The van der Waals surface area contributed by atoms with Crippen molar-refractivity contribution in [1.82, 2.24) is 15.0 Å². The molecule has 0 fully saturated rings. The normalized spacial score (nSPS) is 10.2. The van der Waals surface area contributed by atoms with E-state index in [0.29, 0.717) is 12.0 Å². The summed E-state index contributed by atoms with van der Waals surface area (Å²) in [5.74, 6) is -0.221. The molecule has 0 spiro atoms. The Labute approximate surface area is 96.8 Å². The molecular formula is C11H10FN3O2. The van der Waals surface area contributed by atoms with Gasteiger partial charge in [0.2, 0.25) is 0 Å². The first kappa shape index (κ1) is 11.3. The third-order valence-electron chi connectivity index (χ3n) is 2.07. The van der Waals surface area contributed by atoms with Crippen LogP contribution in [0.2, 0.25) is 0 Å². The number of carbonyl (C=O) groups excluding carboxylic acids is 1. The Balaban J connectivity index is 2.08. The van der Waals surface area contributed by atoms with E-state index in [9.17, 15) is 9.18 Å². The number of aldehydes is 1. The van der Waals surface area contributed by atoms with Crippen LogP contribution in [0.4, 0.5) is 4.39 Å². The predicted octanol–water partition coefficient (Wildman–Crippen LogP) is 1.35. The Morgan fingerprint density at radius 1 is 1.47 bits per heavy atom. The molecule has 0 aliphatic rings. The van der Waals surface area contributed by atoms with Crippen molar-refractivity contribution in [2.24, 2.45) is 7.05 Å². The smallest absolute Gasteiger partial charge is 0.150 e. The van der Waals surface area contributed by atoms with Crippen molar-refractivity contribution in [3.05, 3.63) is 41.5 Å². The van der Waals surface area contributed by atoms with Gasteiger partial charge in [-0.3, -0.25) is 9.48 Å². The maximum Gasteiger partial charge on any atom is 0.150 e. The second kappa shape index (κ2) is 4.73. The molecule has 17 heavy (non-hydrogen) atoms. The van der Waals surface area contributed by atoms with Gasteiger partial charge in [0.25, 0.3) is 0 Å². The molecule has 0 N–H and O–H groups in total. The van der Waals surface area contributed by atoms with Crippen LogP contribution in [0.15, 0.2) is 24.4 Å². The average Bonchev–Trinajstić information content (AvgIpc) is 2.72.